The van der Waals surface area contributed by atoms with Crippen LogP contribution < -0.4 is 16.4 Å². The summed E-state index contributed by atoms with van der Waals surface area (Å²) < 4.78 is 142. The van der Waals surface area contributed by atoms with Crippen molar-refractivity contribution in [2.75, 3.05) is 0 Å². The molecule has 3 aromatic carbocycles. The first-order chi connectivity index (χ1) is 14.0. The minimum Gasteiger partial charge on any atom is -0.207 e. The van der Waals surface area contributed by atoms with Gasteiger partial charge in [0.15, 0.2) is 46.5 Å². The van der Waals surface area contributed by atoms with Crippen LogP contribution in [0.2, 0.25) is 0 Å². The molecule has 3 rings (SSSR count). The zero-order chi connectivity index (χ0) is 22.5. The van der Waals surface area contributed by atoms with Crippen LogP contribution in [0, 0.1) is 65.1 Å². The maximum absolute atomic E-state index is 14.7. The number of benzene rings is 3. The van der Waals surface area contributed by atoms with Gasteiger partial charge >= 0.3 is 0 Å². The van der Waals surface area contributed by atoms with E-state index in [-0.39, 0.29) is 12.1 Å². The monoisotopic (exact) mass is 436 g/mol. The molecule has 11 heteroatoms. The lowest BCUT2D eigenvalue weighted by Crippen LogP contribution is -2.60. The number of halogens is 10. The predicted molar refractivity (Wildman–Crippen MR) is 88.3 cm³/mol. The fourth-order valence-corrected chi connectivity index (χ4v) is 3.07. The van der Waals surface area contributed by atoms with Crippen LogP contribution in [-0.4, -0.2) is 6.71 Å². The molecule has 3 aromatic rings. The van der Waals surface area contributed by atoms with E-state index >= 15 is 0 Å². The number of aryl methyl sites for hydroxylation is 1. The summed E-state index contributed by atoms with van der Waals surface area (Å²) >= 11 is 0. The Balaban J connectivity index is 2.58. The summed E-state index contributed by atoms with van der Waals surface area (Å²) in [4.78, 5) is 0. The van der Waals surface area contributed by atoms with Crippen molar-refractivity contribution >= 4 is 23.1 Å². The molecule has 0 saturated carbocycles. The molecule has 0 radical (unpaired) electrons. The zero-order valence-electron chi connectivity index (χ0n) is 14.7. The van der Waals surface area contributed by atoms with Crippen LogP contribution >= 0.6 is 0 Å². The molecule has 0 atom stereocenters. The van der Waals surface area contributed by atoms with E-state index in [2.05, 4.69) is 0 Å². The lowest BCUT2D eigenvalue weighted by molar-refractivity contribution is 0.459. The molecule has 0 spiro atoms. The Hall–Kier alpha value is -2.98. The van der Waals surface area contributed by atoms with Crippen LogP contribution in [-0.2, 0) is 0 Å². The van der Waals surface area contributed by atoms with Gasteiger partial charge in [-0.25, -0.2) is 43.9 Å². The Labute approximate surface area is 162 Å². The molecule has 0 amide bonds. The molecule has 30 heavy (non-hydrogen) atoms. The van der Waals surface area contributed by atoms with Crippen LogP contribution in [0.25, 0.3) is 0 Å². The Morgan fingerprint density at radius 3 is 1.20 bits per heavy atom. The molecule has 0 fully saturated rings. The van der Waals surface area contributed by atoms with Crippen LogP contribution in [0.15, 0.2) is 24.3 Å². The van der Waals surface area contributed by atoms with Gasteiger partial charge in [-0.1, -0.05) is 6.07 Å². The lowest BCUT2D eigenvalue weighted by atomic mass is 9.36. The molecule has 0 aliphatic carbocycles. The Morgan fingerprint density at radius 2 is 0.833 bits per heavy atom. The first-order valence-corrected chi connectivity index (χ1v) is 8.07. The van der Waals surface area contributed by atoms with Gasteiger partial charge in [-0.2, -0.15) is 0 Å². The maximum Gasteiger partial charge on any atom is 0.264 e. The third-order valence-electron chi connectivity index (χ3n) is 4.48. The Morgan fingerprint density at radius 1 is 0.467 bits per heavy atom. The van der Waals surface area contributed by atoms with E-state index in [0.717, 1.165) is 13.0 Å². The van der Waals surface area contributed by atoms with Gasteiger partial charge in [-0.15, -0.1) is 0 Å². The van der Waals surface area contributed by atoms with Gasteiger partial charge in [-0.05, 0) is 18.6 Å². The number of hydrogen-bond donors (Lipinski definition) is 0. The van der Waals surface area contributed by atoms with Crippen molar-refractivity contribution in [3.8, 4) is 0 Å². The summed E-state index contributed by atoms with van der Waals surface area (Å²) in [7, 11) is 0. The fraction of sp³-hybridized carbons (Fsp3) is 0.0526. The van der Waals surface area contributed by atoms with E-state index in [1.807, 2.05) is 0 Å². The average Bonchev–Trinajstić information content (AvgIpc) is 2.68. The third-order valence-corrected chi connectivity index (χ3v) is 4.48. The second-order valence-electron chi connectivity index (χ2n) is 6.29. The summed E-state index contributed by atoms with van der Waals surface area (Å²) in [5.74, 6) is -20.6. The maximum atomic E-state index is 14.7. The van der Waals surface area contributed by atoms with Gasteiger partial charge in [0.05, 0.1) is 0 Å². The minimum absolute atomic E-state index is 0.257. The molecule has 0 unspecified atom stereocenters. The number of hydrogen-bond acceptors (Lipinski definition) is 0. The van der Waals surface area contributed by atoms with Gasteiger partial charge in [0.25, 0.3) is 6.71 Å². The highest BCUT2D eigenvalue weighted by Crippen LogP contribution is 2.18. The summed E-state index contributed by atoms with van der Waals surface area (Å²) in [6.45, 7) is -1.92. The molecule has 0 aliphatic rings. The second-order valence-corrected chi connectivity index (χ2v) is 6.29. The van der Waals surface area contributed by atoms with E-state index in [0.29, 0.717) is 6.07 Å². The van der Waals surface area contributed by atoms with E-state index in [9.17, 15) is 43.9 Å². The first kappa shape index (κ1) is 21.7. The second kappa shape index (κ2) is 7.69. The molecule has 0 aromatic heterocycles. The molecule has 0 heterocycles. The molecule has 0 aliphatic heterocycles. The predicted octanol–water partition coefficient (Wildman–Crippen LogP) is 3.90. The van der Waals surface area contributed by atoms with Gasteiger partial charge in [0.2, 0.25) is 0 Å². The van der Waals surface area contributed by atoms with Crippen LogP contribution in [0.3, 0.4) is 0 Å². The average molecular weight is 436 g/mol. The molecular formula is C19H7BF10. The van der Waals surface area contributed by atoms with Gasteiger partial charge in [0, 0.05) is 28.5 Å². The van der Waals surface area contributed by atoms with Crippen LogP contribution in [0.1, 0.15) is 5.56 Å². The summed E-state index contributed by atoms with van der Waals surface area (Å²) in [6.07, 6.45) is 0. The molecule has 0 N–H and O–H groups in total. The van der Waals surface area contributed by atoms with Gasteiger partial charge in [-0.3, -0.25) is 0 Å². The summed E-state index contributed by atoms with van der Waals surface area (Å²) in [5, 5.41) is 0. The van der Waals surface area contributed by atoms with Crippen LogP contribution in [0.5, 0.6) is 0 Å². The van der Waals surface area contributed by atoms with Crippen molar-refractivity contribution in [3.05, 3.63) is 88.0 Å². The van der Waals surface area contributed by atoms with Crippen LogP contribution in [0.4, 0.5) is 43.9 Å². The summed E-state index contributed by atoms with van der Waals surface area (Å²) in [6, 6.07) is 0.876. The Kier molecular flexibility index (Phi) is 5.57. The quantitative estimate of drug-likeness (QED) is 0.332. The molecule has 0 nitrogen and oxygen atoms in total. The molecule has 0 saturated heterocycles. The van der Waals surface area contributed by atoms with E-state index in [1.165, 1.54) is 0 Å². The van der Waals surface area contributed by atoms with Crippen molar-refractivity contribution in [1.82, 2.24) is 0 Å². The molecular weight excluding hydrogens is 429 g/mol. The van der Waals surface area contributed by atoms with E-state index in [4.69, 9.17) is 0 Å². The highest BCUT2D eigenvalue weighted by molar-refractivity contribution is 6.95. The van der Waals surface area contributed by atoms with Crippen molar-refractivity contribution in [1.29, 1.82) is 0 Å². The van der Waals surface area contributed by atoms with E-state index < -0.39 is 86.8 Å². The van der Waals surface area contributed by atoms with Crippen molar-refractivity contribution in [3.63, 3.8) is 0 Å². The number of rotatable bonds is 3. The smallest absolute Gasteiger partial charge is 0.207 e. The van der Waals surface area contributed by atoms with Gasteiger partial charge in [0.1, 0.15) is 11.6 Å². The van der Waals surface area contributed by atoms with Crippen molar-refractivity contribution in [2.24, 2.45) is 0 Å². The summed E-state index contributed by atoms with van der Waals surface area (Å²) in [5.41, 5.74) is -5.62. The lowest BCUT2D eigenvalue weighted by Gasteiger charge is -2.21. The fourth-order valence-electron chi connectivity index (χ4n) is 3.07. The highest BCUT2D eigenvalue weighted by atomic mass is 19.2. The van der Waals surface area contributed by atoms with Crippen molar-refractivity contribution < 1.29 is 43.9 Å². The SMILES string of the molecule is Cc1ccc(F)c(B(c2c(F)c(F)cc(F)c2F)c2c(F)c(F)cc(F)c2F)c1F. The highest BCUT2D eigenvalue weighted by Gasteiger charge is 2.41. The van der Waals surface area contributed by atoms with E-state index in [1.54, 1.807) is 0 Å². The zero-order valence-corrected chi connectivity index (χ0v) is 14.7. The standard InChI is InChI=1S/C19H7BF10/c1-6-2-3-7(21)12(15(6)26)20(13-16(27)8(22)4-9(23)17(13)28)14-18(29)10(24)5-11(25)19(14)30/h2-5H,1H3. The normalized spacial score (nSPS) is 11.2. The first-order valence-electron chi connectivity index (χ1n) is 8.07. The largest absolute Gasteiger partial charge is 0.264 e. The van der Waals surface area contributed by atoms with Crippen molar-refractivity contribution in [2.45, 2.75) is 6.92 Å². The molecule has 156 valence electrons. The minimum atomic E-state index is -2.96. The topological polar surface area (TPSA) is 0 Å². The third kappa shape index (κ3) is 3.31. The van der Waals surface area contributed by atoms with Gasteiger partial charge < -0.3 is 0 Å². The molecule has 0 bridgehead atoms. The Bertz CT molecular complexity index is 1060.